The van der Waals surface area contributed by atoms with Gasteiger partial charge >= 0.3 is 0 Å². The van der Waals surface area contributed by atoms with Crippen LogP contribution in [0, 0.1) is 0 Å². The van der Waals surface area contributed by atoms with Gasteiger partial charge in [-0.25, -0.2) is 0 Å². The number of anilines is 1. The number of amides is 2. The lowest BCUT2D eigenvalue weighted by atomic mass is 10.00. The highest BCUT2D eigenvalue weighted by Crippen LogP contribution is 2.31. The van der Waals surface area contributed by atoms with Crippen molar-refractivity contribution in [2.24, 2.45) is 0 Å². The van der Waals surface area contributed by atoms with Gasteiger partial charge in [-0.1, -0.05) is 48.0 Å². The summed E-state index contributed by atoms with van der Waals surface area (Å²) in [6.07, 6.45) is 0. The fourth-order valence-electron chi connectivity index (χ4n) is 4.23. The average Bonchev–Trinajstić information content (AvgIpc) is 3.25. The van der Waals surface area contributed by atoms with Crippen molar-refractivity contribution in [3.05, 3.63) is 82.9 Å². The molecule has 1 aromatic heterocycles. The molecule has 1 fully saturated rings. The first kappa shape index (κ1) is 21.0. The molecule has 0 atom stereocenters. The minimum absolute atomic E-state index is 0.0487. The summed E-state index contributed by atoms with van der Waals surface area (Å²) in [5, 5.41) is 8.32. The number of benzene rings is 3. The number of carbonyl (C=O) groups is 2. The van der Waals surface area contributed by atoms with Crippen molar-refractivity contribution in [1.29, 1.82) is 0 Å². The van der Waals surface area contributed by atoms with Gasteiger partial charge in [-0.3, -0.25) is 14.7 Å². The molecule has 7 nitrogen and oxygen atoms in total. The zero-order valence-electron chi connectivity index (χ0n) is 17.8. The first-order valence-electron chi connectivity index (χ1n) is 10.7. The Labute approximate surface area is 195 Å². The zero-order chi connectivity index (χ0) is 22.9. The maximum absolute atomic E-state index is 13.0. The third-order valence-electron chi connectivity index (χ3n) is 6.02. The van der Waals surface area contributed by atoms with Crippen molar-refractivity contribution in [2.75, 3.05) is 31.9 Å². The van der Waals surface area contributed by atoms with Crippen LogP contribution in [0.25, 0.3) is 22.0 Å². The Morgan fingerprint density at radius 3 is 2.21 bits per heavy atom. The number of nitrogens with two attached hydrogens (primary N) is 1. The number of piperazine rings is 1. The van der Waals surface area contributed by atoms with Crippen molar-refractivity contribution in [3.8, 4) is 11.1 Å². The Morgan fingerprint density at radius 1 is 0.848 bits per heavy atom. The van der Waals surface area contributed by atoms with Gasteiger partial charge in [-0.15, -0.1) is 0 Å². The maximum Gasteiger partial charge on any atom is 0.255 e. The maximum atomic E-state index is 13.0. The topological polar surface area (TPSA) is 95.3 Å². The molecule has 3 N–H and O–H groups in total. The van der Waals surface area contributed by atoms with Gasteiger partial charge in [0.2, 0.25) is 0 Å². The summed E-state index contributed by atoms with van der Waals surface area (Å²) in [5.74, 6) is 0.294. The van der Waals surface area contributed by atoms with Crippen molar-refractivity contribution in [3.63, 3.8) is 0 Å². The number of H-pyrrole nitrogens is 1. The van der Waals surface area contributed by atoms with Crippen LogP contribution in [0.15, 0.2) is 66.7 Å². The van der Waals surface area contributed by atoms with Crippen LogP contribution in [-0.2, 0) is 0 Å². The highest BCUT2D eigenvalue weighted by Gasteiger charge is 2.26. The van der Waals surface area contributed by atoms with Crippen LogP contribution in [0.5, 0.6) is 0 Å². The minimum Gasteiger partial charge on any atom is -0.382 e. The van der Waals surface area contributed by atoms with Crippen LogP contribution < -0.4 is 5.73 Å². The quantitative estimate of drug-likeness (QED) is 0.483. The Bertz CT molecular complexity index is 1340. The van der Waals surface area contributed by atoms with E-state index in [1.165, 1.54) is 0 Å². The highest BCUT2D eigenvalue weighted by atomic mass is 35.5. The molecule has 166 valence electrons. The highest BCUT2D eigenvalue weighted by molar-refractivity contribution is 6.33. The van der Waals surface area contributed by atoms with Crippen molar-refractivity contribution >= 4 is 40.1 Å². The molecule has 2 heterocycles. The van der Waals surface area contributed by atoms with Crippen LogP contribution in [-0.4, -0.2) is 58.0 Å². The third kappa shape index (κ3) is 3.91. The molecule has 0 aliphatic carbocycles. The Balaban J connectivity index is 1.28. The van der Waals surface area contributed by atoms with E-state index in [-0.39, 0.29) is 11.8 Å². The number of halogens is 1. The van der Waals surface area contributed by atoms with Crippen LogP contribution in [0.3, 0.4) is 0 Å². The molecule has 1 aliphatic heterocycles. The summed E-state index contributed by atoms with van der Waals surface area (Å²) in [6.45, 7) is 1.88. The van der Waals surface area contributed by atoms with Crippen molar-refractivity contribution in [1.82, 2.24) is 20.0 Å². The lowest BCUT2D eigenvalue weighted by Crippen LogP contribution is -2.50. The molecule has 8 heteroatoms. The van der Waals surface area contributed by atoms with E-state index in [0.717, 1.165) is 22.0 Å². The first-order valence-corrected chi connectivity index (χ1v) is 11.1. The molecule has 0 spiro atoms. The molecule has 0 unspecified atom stereocenters. The third-order valence-corrected chi connectivity index (χ3v) is 6.35. The lowest BCUT2D eigenvalue weighted by molar-refractivity contribution is 0.0535. The second kappa shape index (κ2) is 8.60. The van der Waals surface area contributed by atoms with Gasteiger partial charge in [0.1, 0.15) is 0 Å². The summed E-state index contributed by atoms with van der Waals surface area (Å²) in [4.78, 5) is 29.3. The van der Waals surface area contributed by atoms with E-state index in [1.54, 1.807) is 34.1 Å². The smallest absolute Gasteiger partial charge is 0.255 e. The Morgan fingerprint density at radius 2 is 1.52 bits per heavy atom. The number of hydrogen-bond donors (Lipinski definition) is 2. The van der Waals surface area contributed by atoms with E-state index in [1.807, 2.05) is 42.5 Å². The SMILES string of the molecule is Nc1n[nH]c2cccc(-c3ccc(C(=O)N4CCN(C(=O)c5ccccc5Cl)CC4)cc3)c12. The van der Waals surface area contributed by atoms with Gasteiger partial charge in [0.15, 0.2) is 5.82 Å². The number of nitrogen functional groups attached to an aromatic ring is 1. The van der Waals surface area contributed by atoms with Gasteiger partial charge in [-0.2, -0.15) is 5.10 Å². The molecule has 2 amide bonds. The monoisotopic (exact) mass is 459 g/mol. The molecule has 5 rings (SSSR count). The summed E-state index contributed by atoms with van der Waals surface area (Å²) >= 11 is 6.16. The van der Waals surface area contributed by atoms with Crippen molar-refractivity contribution < 1.29 is 9.59 Å². The standard InChI is InChI=1S/C25H22ClN5O2/c26-20-6-2-1-4-19(20)25(33)31-14-12-30(13-15-31)24(32)17-10-8-16(9-11-17)18-5-3-7-21-22(18)23(27)29-28-21/h1-11H,12-15H2,(H3,27,28,29). The predicted octanol–water partition coefficient (Wildman–Crippen LogP) is 4.06. The number of carbonyl (C=O) groups excluding carboxylic acids is 2. The largest absolute Gasteiger partial charge is 0.382 e. The van der Waals surface area contributed by atoms with E-state index in [2.05, 4.69) is 10.2 Å². The van der Waals surface area contributed by atoms with Gasteiger partial charge < -0.3 is 15.5 Å². The fourth-order valence-corrected chi connectivity index (χ4v) is 4.45. The molecule has 1 saturated heterocycles. The van der Waals surface area contributed by atoms with E-state index >= 15 is 0 Å². The normalized spacial score (nSPS) is 14.0. The fraction of sp³-hybridized carbons (Fsp3) is 0.160. The van der Waals surface area contributed by atoms with Crippen LogP contribution in [0.1, 0.15) is 20.7 Å². The molecule has 4 aromatic rings. The molecule has 3 aromatic carbocycles. The molecule has 0 saturated carbocycles. The van der Waals surface area contributed by atoms with Crippen molar-refractivity contribution in [2.45, 2.75) is 0 Å². The summed E-state index contributed by atoms with van der Waals surface area (Å²) in [6, 6.07) is 20.4. The molecular formula is C25H22ClN5O2. The minimum atomic E-state index is -0.107. The molecular weight excluding hydrogens is 438 g/mol. The lowest BCUT2D eigenvalue weighted by Gasteiger charge is -2.35. The Hall–Kier alpha value is -3.84. The number of nitrogens with one attached hydrogen (secondary N) is 1. The molecule has 1 aliphatic rings. The van der Waals surface area contributed by atoms with E-state index in [0.29, 0.717) is 48.1 Å². The van der Waals surface area contributed by atoms with Gasteiger partial charge in [0.25, 0.3) is 11.8 Å². The predicted molar refractivity (Wildman–Crippen MR) is 129 cm³/mol. The van der Waals surface area contributed by atoms with Gasteiger partial charge in [0, 0.05) is 31.7 Å². The van der Waals surface area contributed by atoms with Crippen LogP contribution in [0.2, 0.25) is 5.02 Å². The van der Waals surface area contributed by atoms with Crippen LogP contribution >= 0.6 is 11.6 Å². The van der Waals surface area contributed by atoms with E-state index in [4.69, 9.17) is 17.3 Å². The second-order valence-corrected chi connectivity index (χ2v) is 8.39. The summed E-state index contributed by atoms with van der Waals surface area (Å²) < 4.78 is 0. The number of hydrogen-bond acceptors (Lipinski definition) is 4. The molecule has 0 bridgehead atoms. The Kier molecular flexibility index (Phi) is 5.48. The number of aromatic nitrogens is 2. The van der Waals surface area contributed by atoms with Gasteiger partial charge in [0.05, 0.1) is 21.5 Å². The summed E-state index contributed by atoms with van der Waals surface area (Å²) in [5.41, 5.74) is 9.92. The number of fused-ring (bicyclic) bond motifs is 1. The van der Waals surface area contributed by atoms with E-state index in [9.17, 15) is 9.59 Å². The molecule has 33 heavy (non-hydrogen) atoms. The second-order valence-electron chi connectivity index (χ2n) is 7.98. The number of rotatable bonds is 3. The average molecular weight is 460 g/mol. The number of nitrogens with zero attached hydrogens (tertiary/aromatic N) is 3. The summed E-state index contributed by atoms with van der Waals surface area (Å²) in [7, 11) is 0. The van der Waals surface area contributed by atoms with Crippen LogP contribution in [0.4, 0.5) is 5.82 Å². The first-order chi connectivity index (χ1) is 16.0. The van der Waals surface area contributed by atoms with Gasteiger partial charge in [-0.05, 0) is 41.5 Å². The van der Waals surface area contributed by atoms with E-state index < -0.39 is 0 Å². The molecule has 0 radical (unpaired) electrons. The zero-order valence-corrected chi connectivity index (χ0v) is 18.5. The number of aromatic amines is 1.